The van der Waals surface area contributed by atoms with Gasteiger partial charge in [0.2, 0.25) is 0 Å². The van der Waals surface area contributed by atoms with Crippen molar-refractivity contribution >= 4 is 5.91 Å². The van der Waals surface area contributed by atoms with Crippen molar-refractivity contribution in [2.24, 2.45) is 5.92 Å². The summed E-state index contributed by atoms with van der Waals surface area (Å²) in [6.45, 7) is 2.41. The van der Waals surface area contributed by atoms with Crippen LogP contribution in [0.5, 0.6) is 0 Å². The minimum absolute atomic E-state index is 0.0214. The van der Waals surface area contributed by atoms with Crippen LogP contribution in [-0.2, 0) is 11.3 Å². The third-order valence-electron chi connectivity index (χ3n) is 5.18. The molecule has 0 aliphatic carbocycles. The standard InChI is InChI=1S/C22H28N2O3/c1-27-12-4-6-17-5-3-11-24(15-17)22(26)20-8-2-7-19(14-20)21-13-18(16-25)9-10-23-21/h2,7-10,13-14,17,25H,3-6,11-12,15-16H2,1H3/t17-/m0/s1. The van der Waals surface area contributed by atoms with Crippen molar-refractivity contribution in [1.82, 2.24) is 9.88 Å². The molecule has 0 radical (unpaired) electrons. The van der Waals surface area contributed by atoms with Crippen molar-refractivity contribution in [2.75, 3.05) is 26.8 Å². The molecule has 1 saturated heterocycles. The number of nitrogens with zero attached hydrogens (tertiary/aromatic N) is 2. The Hall–Kier alpha value is -2.24. The predicted octanol–water partition coefficient (Wildman–Crippen LogP) is 3.52. The van der Waals surface area contributed by atoms with Gasteiger partial charge >= 0.3 is 0 Å². The minimum atomic E-state index is -0.0214. The molecule has 1 aromatic heterocycles. The van der Waals surface area contributed by atoms with E-state index in [0.717, 1.165) is 55.8 Å². The number of ether oxygens (including phenoxy) is 1. The third kappa shape index (κ3) is 5.15. The maximum atomic E-state index is 13.0. The molecule has 1 amide bonds. The molecule has 144 valence electrons. The minimum Gasteiger partial charge on any atom is -0.392 e. The predicted molar refractivity (Wildman–Crippen MR) is 105 cm³/mol. The van der Waals surface area contributed by atoms with Gasteiger partial charge in [-0.2, -0.15) is 0 Å². The molecule has 1 aliphatic rings. The molecular formula is C22H28N2O3. The maximum absolute atomic E-state index is 13.0. The Morgan fingerprint density at radius 2 is 2.22 bits per heavy atom. The first-order valence-corrected chi connectivity index (χ1v) is 9.65. The zero-order valence-corrected chi connectivity index (χ0v) is 15.9. The van der Waals surface area contributed by atoms with Gasteiger partial charge in [0, 0.05) is 44.1 Å². The molecule has 0 unspecified atom stereocenters. The number of hydrogen-bond donors (Lipinski definition) is 1. The summed E-state index contributed by atoms with van der Waals surface area (Å²) >= 11 is 0. The first-order chi connectivity index (χ1) is 13.2. The van der Waals surface area contributed by atoms with Crippen molar-refractivity contribution < 1.29 is 14.6 Å². The van der Waals surface area contributed by atoms with Crippen molar-refractivity contribution in [3.8, 4) is 11.3 Å². The lowest BCUT2D eigenvalue weighted by molar-refractivity contribution is 0.0660. The monoisotopic (exact) mass is 368 g/mol. The Morgan fingerprint density at radius 1 is 1.33 bits per heavy atom. The van der Waals surface area contributed by atoms with E-state index >= 15 is 0 Å². The highest BCUT2D eigenvalue weighted by Crippen LogP contribution is 2.24. The lowest BCUT2D eigenvalue weighted by atomic mass is 9.93. The van der Waals surface area contributed by atoms with Crippen LogP contribution >= 0.6 is 0 Å². The second-order valence-electron chi connectivity index (χ2n) is 7.18. The van der Waals surface area contributed by atoms with Crippen molar-refractivity contribution in [3.63, 3.8) is 0 Å². The molecule has 1 aromatic carbocycles. The van der Waals surface area contributed by atoms with Gasteiger partial charge in [-0.05, 0) is 61.4 Å². The fourth-order valence-electron chi connectivity index (χ4n) is 3.73. The van der Waals surface area contributed by atoms with E-state index in [1.165, 1.54) is 6.42 Å². The molecule has 1 aliphatic heterocycles. The van der Waals surface area contributed by atoms with E-state index in [2.05, 4.69) is 4.98 Å². The number of aromatic nitrogens is 1. The summed E-state index contributed by atoms with van der Waals surface area (Å²) < 4.78 is 5.15. The second-order valence-corrected chi connectivity index (χ2v) is 7.18. The Balaban J connectivity index is 1.71. The number of methoxy groups -OCH3 is 1. The SMILES string of the molecule is COCCC[C@@H]1CCCN(C(=O)c2cccc(-c3cc(CO)ccn3)c2)C1. The highest BCUT2D eigenvalue weighted by atomic mass is 16.5. The fraction of sp³-hybridized carbons (Fsp3) is 0.455. The van der Waals surface area contributed by atoms with Crippen LogP contribution in [0.1, 0.15) is 41.6 Å². The quantitative estimate of drug-likeness (QED) is 0.760. The van der Waals surface area contributed by atoms with Gasteiger partial charge in [0.1, 0.15) is 0 Å². The molecule has 5 nitrogen and oxygen atoms in total. The molecule has 5 heteroatoms. The molecular weight excluding hydrogens is 340 g/mol. The van der Waals surface area contributed by atoms with Crippen LogP contribution in [-0.4, -0.2) is 47.7 Å². The van der Waals surface area contributed by atoms with Gasteiger partial charge in [0.05, 0.1) is 12.3 Å². The maximum Gasteiger partial charge on any atom is 0.253 e. The van der Waals surface area contributed by atoms with E-state index in [1.807, 2.05) is 35.2 Å². The summed E-state index contributed by atoms with van der Waals surface area (Å²) in [5.74, 6) is 0.649. The summed E-state index contributed by atoms with van der Waals surface area (Å²) in [6.07, 6.45) is 6.08. The highest BCUT2D eigenvalue weighted by molar-refractivity contribution is 5.95. The van der Waals surface area contributed by atoms with Crippen LogP contribution in [0, 0.1) is 5.92 Å². The fourth-order valence-corrected chi connectivity index (χ4v) is 3.73. The van der Waals surface area contributed by atoms with Crippen LogP contribution in [0.4, 0.5) is 0 Å². The van der Waals surface area contributed by atoms with Crippen LogP contribution in [0.15, 0.2) is 42.6 Å². The molecule has 27 heavy (non-hydrogen) atoms. The first-order valence-electron chi connectivity index (χ1n) is 9.65. The Morgan fingerprint density at radius 3 is 3.04 bits per heavy atom. The summed E-state index contributed by atoms with van der Waals surface area (Å²) in [4.78, 5) is 19.4. The number of rotatable bonds is 7. The Kier molecular flexibility index (Phi) is 6.96. The van der Waals surface area contributed by atoms with Crippen molar-refractivity contribution in [3.05, 3.63) is 53.7 Å². The molecule has 3 rings (SSSR count). The molecule has 0 saturated carbocycles. The van der Waals surface area contributed by atoms with Crippen LogP contribution < -0.4 is 0 Å². The molecule has 2 heterocycles. The van der Waals surface area contributed by atoms with Crippen molar-refractivity contribution in [2.45, 2.75) is 32.3 Å². The summed E-state index contributed by atoms with van der Waals surface area (Å²) in [7, 11) is 1.73. The van der Waals surface area contributed by atoms with Gasteiger partial charge < -0.3 is 14.7 Å². The van der Waals surface area contributed by atoms with E-state index < -0.39 is 0 Å². The van der Waals surface area contributed by atoms with Gasteiger partial charge in [-0.15, -0.1) is 0 Å². The normalized spacial score (nSPS) is 17.1. The molecule has 0 bridgehead atoms. The van der Waals surface area contributed by atoms with Gasteiger partial charge in [0.15, 0.2) is 0 Å². The Labute approximate surface area is 161 Å². The lowest BCUT2D eigenvalue weighted by Gasteiger charge is -2.33. The highest BCUT2D eigenvalue weighted by Gasteiger charge is 2.24. The zero-order valence-electron chi connectivity index (χ0n) is 15.9. The molecule has 0 spiro atoms. The molecule has 1 atom stereocenters. The van der Waals surface area contributed by atoms with E-state index in [-0.39, 0.29) is 12.5 Å². The topological polar surface area (TPSA) is 62.7 Å². The largest absolute Gasteiger partial charge is 0.392 e. The van der Waals surface area contributed by atoms with Gasteiger partial charge in [0.25, 0.3) is 5.91 Å². The number of carbonyl (C=O) groups is 1. The average molecular weight is 368 g/mol. The molecule has 1 N–H and O–H groups in total. The summed E-state index contributed by atoms with van der Waals surface area (Å²) in [5.41, 5.74) is 3.17. The number of amides is 1. The van der Waals surface area contributed by atoms with Crippen LogP contribution in [0.25, 0.3) is 11.3 Å². The number of carbonyl (C=O) groups excluding carboxylic acids is 1. The van der Waals surface area contributed by atoms with E-state index in [1.54, 1.807) is 19.4 Å². The number of aliphatic hydroxyl groups is 1. The van der Waals surface area contributed by atoms with Crippen LogP contribution in [0.3, 0.4) is 0 Å². The third-order valence-corrected chi connectivity index (χ3v) is 5.18. The summed E-state index contributed by atoms with van der Waals surface area (Å²) in [5, 5.41) is 9.33. The second kappa shape index (κ2) is 9.62. The number of pyridine rings is 1. The first kappa shape index (κ1) is 19.5. The number of likely N-dealkylation sites (tertiary alicyclic amines) is 1. The van der Waals surface area contributed by atoms with Crippen LogP contribution in [0.2, 0.25) is 0 Å². The molecule has 2 aromatic rings. The Bertz CT molecular complexity index is 763. The number of piperidine rings is 1. The number of hydrogen-bond acceptors (Lipinski definition) is 4. The number of aliphatic hydroxyl groups excluding tert-OH is 1. The molecule has 1 fully saturated rings. The zero-order chi connectivity index (χ0) is 19.1. The number of benzene rings is 1. The van der Waals surface area contributed by atoms with Gasteiger partial charge in [-0.1, -0.05) is 12.1 Å². The van der Waals surface area contributed by atoms with E-state index in [4.69, 9.17) is 4.74 Å². The van der Waals surface area contributed by atoms with E-state index in [9.17, 15) is 9.90 Å². The van der Waals surface area contributed by atoms with Gasteiger partial charge in [-0.3, -0.25) is 9.78 Å². The van der Waals surface area contributed by atoms with E-state index in [0.29, 0.717) is 11.5 Å². The van der Waals surface area contributed by atoms with Gasteiger partial charge in [-0.25, -0.2) is 0 Å². The van der Waals surface area contributed by atoms with Crippen molar-refractivity contribution in [1.29, 1.82) is 0 Å². The summed E-state index contributed by atoms with van der Waals surface area (Å²) in [6, 6.07) is 11.3. The average Bonchev–Trinajstić information content (AvgIpc) is 2.74. The smallest absolute Gasteiger partial charge is 0.253 e. The lowest BCUT2D eigenvalue weighted by Crippen LogP contribution is -2.40.